The van der Waals surface area contributed by atoms with Crippen molar-refractivity contribution in [1.82, 2.24) is 10.2 Å². The highest BCUT2D eigenvalue weighted by molar-refractivity contribution is 6.32. The number of halogens is 1. The smallest absolute Gasteiger partial charge is 0.224 e. The maximum atomic E-state index is 12.0. The molecule has 3 rings (SSSR count). The SMILES string of the molecule is O=C(Cc1cc(Cl)c2c(c1)OCCO2)NCCCN1CCCC1. The van der Waals surface area contributed by atoms with Gasteiger partial charge in [0.2, 0.25) is 5.91 Å². The van der Waals surface area contributed by atoms with Crippen LogP contribution in [0.25, 0.3) is 0 Å². The van der Waals surface area contributed by atoms with Crippen LogP contribution in [-0.4, -0.2) is 50.2 Å². The predicted octanol–water partition coefficient (Wildman–Crippen LogP) is 2.26. The Hall–Kier alpha value is -1.46. The summed E-state index contributed by atoms with van der Waals surface area (Å²) in [5.41, 5.74) is 0.844. The molecule has 1 fully saturated rings. The molecule has 2 aliphatic heterocycles. The highest BCUT2D eigenvalue weighted by atomic mass is 35.5. The van der Waals surface area contributed by atoms with Crippen molar-refractivity contribution >= 4 is 17.5 Å². The largest absolute Gasteiger partial charge is 0.486 e. The van der Waals surface area contributed by atoms with Crippen LogP contribution < -0.4 is 14.8 Å². The normalized spacial score (nSPS) is 17.3. The average Bonchev–Trinajstić information content (AvgIpc) is 3.05. The van der Waals surface area contributed by atoms with Gasteiger partial charge >= 0.3 is 0 Å². The minimum atomic E-state index is 0.0131. The highest BCUT2D eigenvalue weighted by Crippen LogP contribution is 2.38. The van der Waals surface area contributed by atoms with Crippen molar-refractivity contribution in [3.05, 3.63) is 22.7 Å². The van der Waals surface area contributed by atoms with Crippen LogP contribution in [0.4, 0.5) is 0 Å². The Morgan fingerprint density at radius 1 is 1.22 bits per heavy atom. The molecule has 2 aliphatic rings. The van der Waals surface area contributed by atoms with Crippen molar-refractivity contribution in [2.45, 2.75) is 25.7 Å². The number of fused-ring (bicyclic) bond motifs is 1. The maximum absolute atomic E-state index is 12.0. The Bertz CT molecular complexity index is 559. The van der Waals surface area contributed by atoms with E-state index < -0.39 is 0 Å². The molecule has 1 N–H and O–H groups in total. The summed E-state index contributed by atoms with van der Waals surface area (Å²) in [5, 5.41) is 3.47. The average molecular weight is 339 g/mol. The number of amides is 1. The van der Waals surface area contributed by atoms with Gasteiger partial charge in [-0.25, -0.2) is 0 Å². The number of rotatable bonds is 6. The topological polar surface area (TPSA) is 50.8 Å². The lowest BCUT2D eigenvalue weighted by molar-refractivity contribution is -0.120. The van der Waals surface area contributed by atoms with Crippen LogP contribution >= 0.6 is 11.6 Å². The molecule has 23 heavy (non-hydrogen) atoms. The monoisotopic (exact) mass is 338 g/mol. The number of likely N-dealkylation sites (tertiary alicyclic amines) is 1. The van der Waals surface area contributed by atoms with Gasteiger partial charge in [0, 0.05) is 6.54 Å². The molecule has 2 heterocycles. The molecule has 0 aliphatic carbocycles. The van der Waals surface area contributed by atoms with Crippen molar-refractivity contribution in [3.63, 3.8) is 0 Å². The summed E-state index contributed by atoms with van der Waals surface area (Å²) in [7, 11) is 0. The fraction of sp³-hybridized carbons (Fsp3) is 0.588. The molecule has 0 atom stereocenters. The van der Waals surface area contributed by atoms with E-state index in [1.165, 1.54) is 25.9 Å². The van der Waals surface area contributed by atoms with Gasteiger partial charge in [0.05, 0.1) is 11.4 Å². The van der Waals surface area contributed by atoms with Crippen LogP contribution in [-0.2, 0) is 11.2 Å². The molecule has 0 aromatic heterocycles. The molecule has 5 nitrogen and oxygen atoms in total. The Morgan fingerprint density at radius 2 is 2.00 bits per heavy atom. The number of hydrogen-bond acceptors (Lipinski definition) is 4. The molecule has 1 amide bonds. The number of carbonyl (C=O) groups is 1. The number of nitrogens with one attached hydrogen (secondary N) is 1. The Kier molecular flexibility index (Phi) is 5.62. The van der Waals surface area contributed by atoms with E-state index in [2.05, 4.69) is 10.2 Å². The third-order valence-corrected chi connectivity index (χ3v) is 4.47. The summed E-state index contributed by atoms with van der Waals surface area (Å²) in [5.74, 6) is 1.22. The van der Waals surface area contributed by atoms with Gasteiger partial charge in [-0.2, -0.15) is 0 Å². The van der Waals surface area contributed by atoms with E-state index in [1.54, 1.807) is 6.07 Å². The van der Waals surface area contributed by atoms with E-state index in [4.69, 9.17) is 21.1 Å². The van der Waals surface area contributed by atoms with Gasteiger partial charge in [0.15, 0.2) is 11.5 Å². The summed E-state index contributed by atoms with van der Waals surface area (Å²) >= 11 is 6.19. The van der Waals surface area contributed by atoms with Crippen LogP contribution in [0, 0.1) is 0 Å². The fourth-order valence-corrected chi connectivity index (χ4v) is 3.34. The fourth-order valence-electron chi connectivity index (χ4n) is 3.05. The molecule has 0 bridgehead atoms. The van der Waals surface area contributed by atoms with E-state index in [0.717, 1.165) is 18.5 Å². The molecule has 1 aromatic rings. The first-order valence-corrected chi connectivity index (χ1v) is 8.67. The first-order valence-electron chi connectivity index (χ1n) is 8.29. The van der Waals surface area contributed by atoms with Crippen molar-refractivity contribution in [2.75, 3.05) is 39.4 Å². The van der Waals surface area contributed by atoms with Gasteiger partial charge < -0.3 is 19.7 Å². The molecule has 0 radical (unpaired) electrons. The lowest BCUT2D eigenvalue weighted by Crippen LogP contribution is -2.29. The first-order chi connectivity index (χ1) is 11.2. The number of nitrogens with zero attached hydrogens (tertiary/aromatic N) is 1. The van der Waals surface area contributed by atoms with E-state index >= 15 is 0 Å². The van der Waals surface area contributed by atoms with Crippen LogP contribution in [0.3, 0.4) is 0 Å². The zero-order valence-electron chi connectivity index (χ0n) is 13.3. The summed E-state index contributed by atoms with van der Waals surface area (Å²) in [6.07, 6.45) is 3.90. The van der Waals surface area contributed by atoms with Crippen molar-refractivity contribution in [1.29, 1.82) is 0 Å². The van der Waals surface area contributed by atoms with Gasteiger partial charge in [-0.05, 0) is 56.6 Å². The molecular weight excluding hydrogens is 316 g/mol. The summed E-state index contributed by atoms with van der Waals surface area (Å²) in [6, 6.07) is 3.61. The Morgan fingerprint density at radius 3 is 2.83 bits per heavy atom. The molecule has 1 aromatic carbocycles. The summed E-state index contributed by atoms with van der Waals surface area (Å²) in [6.45, 7) is 5.19. The van der Waals surface area contributed by atoms with E-state index in [-0.39, 0.29) is 5.91 Å². The summed E-state index contributed by atoms with van der Waals surface area (Å²) in [4.78, 5) is 14.5. The van der Waals surface area contributed by atoms with Gasteiger partial charge in [0.1, 0.15) is 13.2 Å². The second-order valence-electron chi connectivity index (χ2n) is 6.03. The van der Waals surface area contributed by atoms with Gasteiger partial charge in [-0.1, -0.05) is 11.6 Å². The molecule has 1 saturated heterocycles. The molecule has 0 saturated carbocycles. The van der Waals surface area contributed by atoms with Crippen LogP contribution in [0.2, 0.25) is 5.02 Å². The van der Waals surface area contributed by atoms with Gasteiger partial charge in [-0.15, -0.1) is 0 Å². The van der Waals surface area contributed by atoms with Crippen molar-refractivity contribution < 1.29 is 14.3 Å². The number of benzene rings is 1. The zero-order valence-corrected chi connectivity index (χ0v) is 14.0. The first kappa shape index (κ1) is 16.4. The Labute approximate surface area is 141 Å². The minimum absolute atomic E-state index is 0.0131. The second kappa shape index (κ2) is 7.88. The third-order valence-electron chi connectivity index (χ3n) is 4.19. The number of ether oxygens (including phenoxy) is 2. The van der Waals surface area contributed by atoms with E-state index in [0.29, 0.717) is 42.7 Å². The van der Waals surface area contributed by atoms with Crippen molar-refractivity contribution in [2.24, 2.45) is 0 Å². The molecular formula is C17H23ClN2O3. The van der Waals surface area contributed by atoms with Gasteiger partial charge in [-0.3, -0.25) is 4.79 Å². The van der Waals surface area contributed by atoms with Gasteiger partial charge in [0.25, 0.3) is 0 Å². The van der Waals surface area contributed by atoms with Crippen LogP contribution in [0.5, 0.6) is 11.5 Å². The summed E-state index contributed by atoms with van der Waals surface area (Å²) < 4.78 is 11.0. The molecule has 0 spiro atoms. The minimum Gasteiger partial charge on any atom is -0.486 e. The van der Waals surface area contributed by atoms with Crippen LogP contribution in [0.15, 0.2) is 12.1 Å². The van der Waals surface area contributed by atoms with Crippen molar-refractivity contribution in [3.8, 4) is 11.5 Å². The molecule has 126 valence electrons. The lowest BCUT2D eigenvalue weighted by Gasteiger charge is -2.20. The third kappa shape index (κ3) is 4.52. The number of carbonyl (C=O) groups excluding carboxylic acids is 1. The Balaban J connectivity index is 1.45. The standard InChI is InChI=1S/C17H23ClN2O3/c18-14-10-13(11-15-17(14)23-9-8-22-15)12-16(21)19-4-3-7-20-5-1-2-6-20/h10-11H,1-9,12H2,(H,19,21). The van der Waals surface area contributed by atoms with E-state index in [9.17, 15) is 4.79 Å². The van der Waals surface area contributed by atoms with E-state index in [1.807, 2.05) is 6.07 Å². The lowest BCUT2D eigenvalue weighted by atomic mass is 10.1. The maximum Gasteiger partial charge on any atom is 0.224 e. The predicted molar refractivity (Wildman–Crippen MR) is 89.4 cm³/mol. The molecule has 6 heteroatoms. The molecule has 0 unspecified atom stereocenters. The van der Waals surface area contributed by atoms with Crippen LogP contribution in [0.1, 0.15) is 24.8 Å². The number of hydrogen-bond donors (Lipinski definition) is 1. The zero-order chi connectivity index (χ0) is 16.1. The quantitative estimate of drug-likeness (QED) is 0.808. The highest BCUT2D eigenvalue weighted by Gasteiger charge is 2.17. The second-order valence-corrected chi connectivity index (χ2v) is 6.44.